The van der Waals surface area contributed by atoms with E-state index in [4.69, 9.17) is 23.7 Å². The highest BCUT2D eigenvalue weighted by atomic mass is 16.7. The minimum absolute atomic E-state index is 0.0947. The molecule has 2 aliphatic carbocycles. The molecule has 4 rings (SSSR count). The quantitative estimate of drug-likeness (QED) is 0.235. The summed E-state index contributed by atoms with van der Waals surface area (Å²) in [5.41, 5.74) is -5.78. The number of carbonyl (C=O) groups excluding carboxylic acids is 4. The maximum absolute atomic E-state index is 12.9. The van der Waals surface area contributed by atoms with E-state index in [2.05, 4.69) is 0 Å². The number of aliphatic hydroxyl groups excluding tert-OH is 1. The number of aliphatic hydroxyl groups is 2. The van der Waals surface area contributed by atoms with Gasteiger partial charge in [-0.05, 0) is 26.8 Å². The molecule has 1 spiro atoms. The van der Waals surface area contributed by atoms with Gasteiger partial charge in [0.05, 0.1) is 5.60 Å². The second kappa shape index (κ2) is 8.64. The lowest BCUT2D eigenvalue weighted by molar-refractivity contribution is -0.223. The van der Waals surface area contributed by atoms with Gasteiger partial charge in [0, 0.05) is 38.5 Å². The number of epoxide rings is 1. The maximum Gasteiger partial charge on any atom is 0.342 e. The lowest BCUT2D eigenvalue weighted by Crippen LogP contribution is -2.68. The third kappa shape index (κ3) is 3.98. The first-order valence-electron chi connectivity index (χ1n) is 12.2. The van der Waals surface area contributed by atoms with E-state index in [0.717, 1.165) is 0 Å². The van der Waals surface area contributed by atoms with Gasteiger partial charge in [-0.25, -0.2) is 4.79 Å². The van der Waals surface area contributed by atoms with Crippen LogP contribution < -0.4 is 0 Å². The second-order valence-corrected chi connectivity index (χ2v) is 11.1. The molecule has 4 aliphatic rings. The molecule has 0 aromatic rings. The summed E-state index contributed by atoms with van der Waals surface area (Å²) in [7, 11) is 0. The molecule has 0 amide bonds. The van der Waals surface area contributed by atoms with Gasteiger partial charge >= 0.3 is 23.9 Å². The number of carbonyl (C=O) groups is 4. The van der Waals surface area contributed by atoms with Crippen molar-refractivity contribution in [2.45, 2.75) is 102 Å². The van der Waals surface area contributed by atoms with Gasteiger partial charge in [-0.3, -0.25) is 14.4 Å². The van der Waals surface area contributed by atoms with Gasteiger partial charge in [-0.2, -0.15) is 0 Å². The predicted octanol–water partition coefficient (Wildman–Crippen LogP) is 0.889. The predicted molar refractivity (Wildman–Crippen MR) is 125 cm³/mol. The molecule has 204 valence electrons. The summed E-state index contributed by atoms with van der Waals surface area (Å²) < 4.78 is 29.0. The fraction of sp³-hybridized carbons (Fsp3) is 0.692. The Hall–Kier alpha value is -2.76. The van der Waals surface area contributed by atoms with Crippen molar-refractivity contribution in [3.8, 4) is 0 Å². The molecule has 2 aliphatic heterocycles. The van der Waals surface area contributed by atoms with Crippen molar-refractivity contribution in [3.63, 3.8) is 0 Å². The lowest BCUT2D eigenvalue weighted by atomic mass is 9.55. The van der Waals surface area contributed by atoms with Crippen LogP contribution in [0.25, 0.3) is 0 Å². The molecule has 0 aromatic carbocycles. The molecule has 2 fully saturated rings. The molecular formula is C26H34O11. The van der Waals surface area contributed by atoms with E-state index < -0.39 is 82.5 Å². The van der Waals surface area contributed by atoms with Crippen molar-refractivity contribution in [1.82, 2.24) is 0 Å². The molecule has 0 aromatic heterocycles. The molecule has 2 heterocycles. The third-order valence-electron chi connectivity index (χ3n) is 8.20. The number of hydrogen-bond donors (Lipinski definition) is 2. The van der Waals surface area contributed by atoms with Gasteiger partial charge in [0.15, 0.2) is 17.3 Å². The highest BCUT2D eigenvalue weighted by Gasteiger charge is 2.87. The van der Waals surface area contributed by atoms with Gasteiger partial charge in [0.2, 0.25) is 0 Å². The first-order chi connectivity index (χ1) is 17.0. The van der Waals surface area contributed by atoms with E-state index in [-0.39, 0.29) is 6.42 Å². The molecular weight excluding hydrogens is 488 g/mol. The largest absolute Gasteiger partial charge is 0.459 e. The van der Waals surface area contributed by atoms with Gasteiger partial charge in [-0.15, -0.1) is 0 Å². The van der Waals surface area contributed by atoms with Crippen molar-refractivity contribution in [2.24, 2.45) is 11.3 Å². The van der Waals surface area contributed by atoms with Crippen LogP contribution >= 0.6 is 0 Å². The van der Waals surface area contributed by atoms with Crippen LogP contribution in [0.4, 0.5) is 0 Å². The van der Waals surface area contributed by atoms with Gasteiger partial charge in [0.25, 0.3) is 0 Å². The molecule has 0 bridgehead atoms. The number of fused-ring (bicyclic) bond motifs is 1. The average Bonchev–Trinajstić information content (AvgIpc) is 3.34. The topological polar surface area (TPSA) is 158 Å². The molecule has 0 saturated carbocycles. The highest BCUT2D eigenvalue weighted by molar-refractivity contribution is 5.89. The molecule has 11 nitrogen and oxygen atoms in total. The molecule has 1 unspecified atom stereocenters. The maximum atomic E-state index is 12.9. The highest BCUT2D eigenvalue weighted by Crippen LogP contribution is 2.65. The Kier molecular flexibility index (Phi) is 6.37. The van der Waals surface area contributed by atoms with Gasteiger partial charge in [-0.1, -0.05) is 24.6 Å². The molecule has 10 atom stereocenters. The average molecular weight is 523 g/mol. The number of hydrogen-bond acceptors (Lipinski definition) is 11. The van der Waals surface area contributed by atoms with Crippen LogP contribution in [0, 0.1) is 11.3 Å². The fourth-order valence-corrected chi connectivity index (χ4v) is 6.55. The number of esters is 4. The standard InChI is InChI=1S/C26H34O11/c1-12-10-16(33-13(2)27)20(34-14(3)28)23(5)9-8-17(30)24(6,32)19(23)21(35-15(4)29)26-18(11-12)36-22(31)25(26,7)37-26/h8-9,11,16-21,30,32H,10H2,1-7H3/b12-11-/t16-,17-,18+,19+,20+,21?,23+,24-,25+,26+/m1/s1. The third-order valence-corrected chi connectivity index (χ3v) is 8.20. The summed E-state index contributed by atoms with van der Waals surface area (Å²) in [4.78, 5) is 49.9. The van der Waals surface area contributed by atoms with E-state index in [9.17, 15) is 29.4 Å². The van der Waals surface area contributed by atoms with Crippen LogP contribution in [0.3, 0.4) is 0 Å². The van der Waals surface area contributed by atoms with Crippen molar-refractivity contribution in [3.05, 3.63) is 23.8 Å². The van der Waals surface area contributed by atoms with Crippen LogP contribution in [0.15, 0.2) is 23.8 Å². The molecule has 2 N–H and O–H groups in total. The first-order valence-corrected chi connectivity index (χ1v) is 12.2. The molecule has 0 radical (unpaired) electrons. The van der Waals surface area contributed by atoms with Crippen LogP contribution in [-0.4, -0.2) is 81.4 Å². The normalized spacial score (nSPS) is 47.7. The Morgan fingerprint density at radius 1 is 1.00 bits per heavy atom. The zero-order valence-corrected chi connectivity index (χ0v) is 22.0. The summed E-state index contributed by atoms with van der Waals surface area (Å²) in [5, 5.41) is 22.7. The van der Waals surface area contributed by atoms with E-state index >= 15 is 0 Å². The van der Waals surface area contributed by atoms with E-state index in [1.807, 2.05) is 0 Å². The van der Waals surface area contributed by atoms with Crippen molar-refractivity contribution < 1.29 is 53.1 Å². The molecule has 37 heavy (non-hydrogen) atoms. The Morgan fingerprint density at radius 2 is 1.57 bits per heavy atom. The monoisotopic (exact) mass is 522 g/mol. The van der Waals surface area contributed by atoms with Crippen molar-refractivity contribution in [1.29, 1.82) is 0 Å². The summed E-state index contributed by atoms with van der Waals surface area (Å²) in [6.07, 6.45) is -1.38. The second-order valence-electron chi connectivity index (χ2n) is 11.1. The lowest BCUT2D eigenvalue weighted by Gasteiger charge is -2.55. The Balaban J connectivity index is 2.04. The minimum Gasteiger partial charge on any atom is -0.459 e. The fourth-order valence-electron chi connectivity index (χ4n) is 6.55. The molecule has 2 saturated heterocycles. The van der Waals surface area contributed by atoms with Crippen LogP contribution in [0.2, 0.25) is 0 Å². The summed E-state index contributed by atoms with van der Waals surface area (Å²) in [6.45, 7) is 9.87. The smallest absolute Gasteiger partial charge is 0.342 e. The Bertz CT molecular complexity index is 1090. The number of ether oxygens (including phenoxy) is 5. The summed E-state index contributed by atoms with van der Waals surface area (Å²) in [6, 6.07) is 0. The van der Waals surface area contributed by atoms with E-state index in [1.54, 1.807) is 26.0 Å². The van der Waals surface area contributed by atoms with Crippen molar-refractivity contribution in [2.75, 3.05) is 0 Å². The zero-order valence-electron chi connectivity index (χ0n) is 22.0. The van der Waals surface area contributed by atoms with E-state index in [0.29, 0.717) is 5.57 Å². The van der Waals surface area contributed by atoms with Crippen molar-refractivity contribution >= 4 is 23.9 Å². The van der Waals surface area contributed by atoms with Crippen LogP contribution in [-0.2, 0) is 42.9 Å². The van der Waals surface area contributed by atoms with Gasteiger partial charge < -0.3 is 33.9 Å². The van der Waals surface area contributed by atoms with E-state index in [1.165, 1.54) is 40.7 Å². The summed E-state index contributed by atoms with van der Waals surface area (Å²) in [5.74, 6) is -3.92. The Labute approximate surface area is 214 Å². The SMILES string of the molecule is CC(=O)OC1[C@@H]2[C@](C)(O)[C@H](O)C=C[C@]2(C)[C@@H](OC(C)=O)[C@H](OC(C)=O)C/C(C)=C\[C@@H]2OC(=O)[C@]3(C)O[C@]123. The molecule has 11 heteroatoms. The first kappa shape index (κ1) is 27.3. The van der Waals surface area contributed by atoms with Crippen LogP contribution in [0.5, 0.6) is 0 Å². The van der Waals surface area contributed by atoms with Crippen LogP contribution in [0.1, 0.15) is 54.9 Å². The Morgan fingerprint density at radius 3 is 2.11 bits per heavy atom. The minimum atomic E-state index is -1.99. The number of rotatable bonds is 3. The summed E-state index contributed by atoms with van der Waals surface area (Å²) >= 11 is 0. The van der Waals surface area contributed by atoms with Gasteiger partial charge in [0.1, 0.15) is 24.4 Å². The zero-order chi connectivity index (χ0) is 27.7.